The molecule has 18 heavy (non-hydrogen) atoms. The standard InChI is InChI=1S/C12H16N2O4/c1-7-6-10(16)14(5-4-9(15)13-3)8(2)11(7)12(17)18/h6H,4-5H2,1-3H3,(H,13,15)(H,17,18). The molecule has 0 saturated carbocycles. The molecule has 1 aromatic heterocycles. The minimum atomic E-state index is -1.07. The van der Waals surface area contributed by atoms with Gasteiger partial charge in [-0.25, -0.2) is 4.79 Å². The summed E-state index contributed by atoms with van der Waals surface area (Å²) in [5.74, 6) is -1.27. The third-order valence-corrected chi connectivity index (χ3v) is 2.82. The van der Waals surface area contributed by atoms with E-state index < -0.39 is 5.97 Å². The molecule has 0 aliphatic rings. The Balaban J connectivity index is 3.20. The lowest BCUT2D eigenvalue weighted by Crippen LogP contribution is -2.28. The number of carbonyl (C=O) groups excluding carboxylic acids is 1. The molecular weight excluding hydrogens is 236 g/mol. The van der Waals surface area contributed by atoms with Gasteiger partial charge >= 0.3 is 5.97 Å². The van der Waals surface area contributed by atoms with E-state index in [1.54, 1.807) is 13.8 Å². The van der Waals surface area contributed by atoms with Crippen LogP contribution in [-0.2, 0) is 11.3 Å². The van der Waals surface area contributed by atoms with E-state index >= 15 is 0 Å². The summed E-state index contributed by atoms with van der Waals surface area (Å²) in [5, 5.41) is 11.5. The number of nitrogens with zero attached hydrogens (tertiary/aromatic N) is 1. The molecule has 1 rings (SSSR count). The van der Waals surface area contributed by atoms with Crippen LogP contribution in [0.1, 0.15) is 28.0 Å². The van der Waals surface area contributed by atoms with Crippen molar-refractivity contribution in [2.75, 3.05) is 7.05 Å². The van der Waals surface area contributed by atoms with Crippen LogP contribution >= 0.6 is 0 Å². The molecule has 0 fully saturated rings. The highest BCUT2D eigenvalue weighted by molar-refractivity contribution is 5.90. The molecule has 0 bridgehead atoms. The van der Waals surface area contributed by atoms with Crippen molar-refractivity contribution in [1.82, 2.24) is 9.88 Å². The highest BCUT2D eigenvalue weighted by atomic mass is 16.4. The lowest BCUT2D eigenvalue weighted by Gasteiger charge is -2.13. The van der Waals surface area contributed by atoms with E-state index in [0.717, 1.165) is 0 Å². The fourth-order valence-corrected chi connectivity index (χ4v) is 1.86. The van der Waals surface area contributed by atoms with Crippen molar-refractivity contribution in [2.24, 2.45) is 0 Å². The Morgan fingerprint density at radius 3 is 2.50 bits per heavy atom. The third-order valence-electron chi connectivity index (χ3n) is 2.82. The first kappa shape index (κ1) is 14.0. The van der Waals surface area contributed by atoms with E-state index in [9.17, 15) is 14.4 Å². The van der Waals surface area contributed by atoms with Crippen molar-refractivity contribution >= 4 is 11.9 Å². The second kappa shape index (κ2) is 5.48. The fourth-order valence-electron chi connectivity index (χ4n) is 1.86. The number of carboxylic acid groups (broad SMARTS) is 1. The lowest BCUT2D eigenvalue weighted by molar-refractivity contribution is -0.120. The number of aryl methyl sites for hydroxylation is 1. The zero-order chi connectivity index (χ0) is 13.9. The van der Waals surface area contributed by atoms with Gasteiger partial charge in [0.05, 0.1) is 5.56 Å². The number of rotatable bonds is 4. The molecule has 2 N–H and O–H groups in total. The largest absolute Gasteiger partial charge is 0.478 e. The smallest absolute Gasteiger partial charge is 0.337 e. The minimum absolute atomic E-state index is 0.117. The van der Waals surface area contributed by atoms with Gasteiger partial charge < -0.3 is 15.0 Å². The van der Waals surface area contributed by atoms with Gasteiger partial charge in [0, 0.05) is 31.8 Å². The van der Waals surface area contributed by atoms with Gasteiger partial charge in [-0.2, -0.15) is 0 Å². The molecule has 0 aliphatic carbocycles. The predicted molar refractivity (Wildman–Crippen MR) is 65.8 cm³/mol. The van der Waals surface area contributed by atoms with Gasteiger partial charge in [0.2, 0.25) is 5.91 Å². The van der Waals surface area contributed by atoms with Crippen LogP contribution in [0.5, 0.6) is 0 Å². The van der Waals surface area contributed by atoms with Crippen LogP contribution in [0.2, 0.25) is 0 Å². The van der Waals surface area contributed by atoms with Crippen molar-refractivity contribution in [2.45, 2.75) is 26.8 Å². The Labute approximate surface area is 104 Å². The van der Waals surface area contributed by atoms with E-state index in [4.69, 9.17) is 5.11 Å². The number of aromatic carboxylic acids is 1. The highest BCUT2D eigenvalue weighted by Crippen LogP contribution is 2.11. The molecule has 0 aromatic carbocycles. The summed E-state index contributed by atoms with van der Waals surface area (Å²) in [4.78, 5) is 34.0. The van der Waals surface area contributed by atoms with Crippen LogP contribution in [0, 0.1) is 13.8 Å². The number of amides is 1. The second-order valence-corrected chi connectivity index (χ2v) is 4.01. The zero-order valence-electron chi connectivity index (χ0n) is 10.6. The molecule has 6 nitrogen and oxygen atoms in total. The van der Waals surface area contributed by atoms with Gasteiger partial charge in [-0.15, -0.1) is 0 Å². The summed E-state index contributed by atoms with van der Waals surface area (Å²) in [5.41, 5.74) is 0.628. The summed E-state index contributed by atoms with van der Waals surface area (Å²) < 4.78 is 1.31. The average molecular weight is 252 g/mol. The molecule has 1 amide bonds. The molecule has 0 radical (unpaired) electrons. The minimum Gasteiger partial charge on any atom is -0.478 e. The first-order valence-corrected chi connectivity index (χ1v) is 5.53. The predicted octanol–water partition coefficient (Wildman–Crippen LogP) is 0.299. The number of nitrogens with one attached hydrogen (secondary N) is 1. The van der Waals surface area contributed by atoms with Crippen LogP contribution in [0.25, 0.3) is 0 Å². The van der Waals surface area contributed by atoms with Crippen molar-refractivity contribution in [3.8, 4) is 0 Å². The fraction of sp³-hybridized carbons (Fsp3) is 0.417. The van der Waals surface area contributed by atoms with Gasteiger partial charge in [-0.3, -0.25) is 9.59 Å². The maximum Gasteiger partial charge on any atom is 0.337 e. The van der Waals surface area contributed by atoms with Crippen LogP contribution < -0.4 is 10.9 Å². The Hall–Kier alpha value is -2.11. The molecule has 0 spiro atoms. The van der Waals surface area contributed by atoms with Crippen molar-refractivity contribution in [3.63, 3.8) is 0 Å². The molecule has 0 aliphatic heterocycles. The average Bonchev–Trinajstić information content (AvgIpc) is 2.27. The summed E-state index contributed by atoms with van der Waals surface area (Å²) in [7, 11) is 1.51. The Bertz CT molecular complexity index is 546. The van der Waals surface area contributed by atoms with Gasteiger partial charge in [-0.1, -0.05) is 0 Å². The number of hydrogen-bond donors (Lipinski definition) is 2. The van der Waals surface area contributed by atoms with Gasteiger partial charge in [0.15, 0.2) is 0 Å². The summed E-state index contributed by atoms with van der Waals surface area (Å²) >= 11 is 0. The highest BCUT2D eigenvalue weighted by Gasteiger charge is 2.15. The molecule has 1 aromatic rings. The first-order valence-electron chi connectivity index (χ1n) is 5.53. The van der Waals surface area contributed by atoms with E-state index in [0.29, 0.717) is 11.3 Å². The second-order valence-electron chi connectivity index (χ2n) is 4.01. The molecule has 0 unspecified atom stereocenters. The van der Waals surface area contributed by atoms with Crippen molar-refractivity contribution in [3.05, 3.63) is 33.2 Å². The molecule has 6 heteroatoms. The summed E-state index contributed by atoms with van der Waals surface area (Å²) in [6, 6.07) is 1.28. The van der Waals surface area contributed by atoms with Crippen molar-refractivity contribution in [1.29, 1.82) is 0 Å². The van der Waals surface area contributed by atoms with E-state index in [1.807, 2.05) is 0 Å². The number of aromatic nitrogens is 1. The Morgan fingerprint density at radius 2 is 2.00 bits per heavy atom. The Kier molecular flexibility index (Phi) is 4.25. The van der Waals surface area contributed by atoms with E-state index in [1.165, 1.54) is 17.7 Å². The summed E-state index contributed by atoms with van der Waals surface area (Å²) in [6.07, 6.45) is 0.138. The quantitative estimate of drug-likeness (QED) is 0.806. The third kappa shape index (κ3) is 2.77. The SMILES string of the molecule is CNC(=O)CCn1c(C)c(C(=O)O)c(C)cc1=O. The van der Waals surface area contributed by atoms with Gasteiger partial charge in [0.25, 0.3) is 5.56 Å². The summed E-state index contributed by atoms with van der Waals surface area (Å²) in [6.45, 7) is 3.33. The van der Waals surface area contributed by atoms with Gasteiger partial charge in [0.1, 0.15) is 0 Å². The first-order chi connectivity index (χ1) is 8.38. The maximum atomic E-state index is 11.8. The zero-order valence-corrected chi connectivity index (χ0v) is 10.6. The lowest BCUT2D eigenvalue weighted by atomic mass is 10.1. The Morgan fingerprint density at radius 1 is 1.39 bits per heavy atom. The van der Waals surface area contributed by atoms with Gasteiger partial charge in [-0.05, 0) is 19.4 Å². The van der Waals surface area contributed by atoms with Crippen LogP contribution in [0.4, 0.5) is 0 Å². The molecule has 1 heterocycles. The number of hydrogen-bond acceptors (Lipinski definition) is 3. The number of pyridine rings is 1. The van der Waals surface area contributed by atoms with E-state index in [2.05, 4.69) is 5.32 Å². The monoisotopic (exact) mass is 252 g/mol. The number of carboxylic acids is 1. The number of carbonyl (C=O) groups is 2. The maximum absolute atomic E-state index is 11.8. The van der Waals surface area contributed by atoms with E-state index in [-0.39, 0.29) is 30.0 Å². The van der Waals surface area contributed by atoms with Crippen LogP contribution in [0.3, 0.4) is 0 Å². The molecule has 0 saturated heterocycles. The molecule has 0 atom stereocenters. The van der Waals surface area contributed by atoms with Crippen molar-refractivity contribution < 1.29 is 14.7 Å². The van der Waals surface area contributed by atoms with Crippen LogP contribution in [-0.4, -0.2) is 28.6 Å². The molecule has 98 valence electrons. The van der Waals surface area contributed by atoms with Crippen LogP contribution in [0.15, 0.2) is 10.9 Å². The topological polar surface area (TPSA) is 88.4 Å². The normalized spacial score (nSPS) is 10.2. The molecular formula is C12H16N2O4.